The number of rotatable bonds is 3. The Morgan fingerprint density at radius 1 is 0.707 bits per heavy atom. The van der Waals surface area contributed by atoms with E-state index in [2.05, 4.69) is 34.6 Å². The van der Waals surface area contributed by atoms with Gasteiger partial charge in [-0.2, -0.15) is 0 Å². The Morgan fingerprint density at radius 3 is 2.27 bits per heavy atom. The van der Waals surface area contributed by atoms with Gasteiger partial charge in [-0.15, -0.1) is 0 Å². The van der Waals surface area contributed by atoms with Crippen LogP contribution in [-0.4, -0.2) is 55.9 Å². The molecular formula is C34H56O7. The maximum Gasteiger partial charge on any atom is 0.508 e. The first-order chi connectivity index (χ1) is 19.8. The number of ether oxygens (including phenoxy) is 6. The Labute approximate surface area is 248 Å². The molecule has 234 valence electrons. The summed E-state index contributed by atoms with van der Waals surface area (Å²) < 4.78 is 39.2. The molecule has 0 aromatic rings. The molecule has 5 bridgehead atoms. The summed E-state index contributed by atoms with van der Waals surface area (Å²) in [6.45, 7) is 13.7. The van der Waals surface area contributed by atoms with E-state index < -0.39 is 12.3 Å². The average Bonchev–Trinajstić information content (AvgIpc) is 3.23. The predicted molar refractivity (Wildman–Crippen MR) is 155 cm³/mol. The van der Waals surface area contributed by atoms with Gasteiger partial charge in [-0.25, -0.2) is 4.79 Å². The van der Waals surface area contributed by atoms with Crippen molar-refractivity contribution in [3.63, 3.8) is 0 Å². The van der Waals surface area contributed by atoms with Crippen LogP contribution in [0.1, 0.15) is 106 Å². The highest BCUT2D eigenvalue weighted by molar-refractivity contribution is 5.60. The zero-order valence-corrected chi connectivity index (χ0v) is 26.4. The van der Waals surface area contributed by atoms with Crippen molar-refractivity contribution in [2.45, 2.75) is 149 Å². The van der Waals surface area contributed by atoms with Gasteiger partial charge in [0.25, 0.3) is 0 Å². The fraction of sp³-hybridized carbons (Fsp3) is 0.971. The number of hydrogen-bond donors (Lipinski definition) is 0. The van der Waals surface area contributed by atoms with Crippen molar-refractivity contribution in [1.82, 2.24) is 0 Å². The molecule has 0 radical (unpaired) electrons. The normalized spacial score (nSPS) is 51.7. The van der Waals surface area contributed by atoms with E-state index in [0.29, 0.717) is 59.7 Å². The van der Waals surface area contributed by atoms with Crippen LogP contribution < -0.4 is 0 Å². The Morgan fingerprint density at radius 2 is 1.49 bits per heavy atom. The van der Waals surface area contributed by atoms with Gasteiger partial charge in [-0.05, 0) is 100 Å². The molecule has 7 heteroatoms. The van der Waals surface area contributed by atoms with E-state index in [1.807, 2.05) is 6.92 Å². The van der Waals surface area contributed by atoms with Crippen molar-refractivity contribution < 1.29 is 33.2 Å². The number of carbonyl (C=O) groups excluding carboxylic acids is 1. The van der Waals surface area contributed by atoms with Crippen LogP contribution in [0.25, 0.3) is 0 Å². The maximum atomic E-state index is 12.7. The van der Waals surface area contributed by atoms with Gasteiger partial charge in [0.1, 0.15) is 6.10 Å². The number of fused-ring (bicyclic) bond motifs is 7. The van der Waals surface area contributed by atoms with Crippen LogP contribution in [0.2, 0.25) is 0 Å². The van der Waals surface area contributed by atoms with Crippen LogP contribution in [0.5, 0.6) is 0 Å². The molecular weight excluding hydrogens is 520 g/mol. The maximum absolute atomic E-state index is 12.7. The fourth-order valence-electron chi connectivity index (χ4n) is 10.3. The lowest BCUT2D eigenvalue weighted by Gasteiger charge is -2.56. The van der Waals surface area contributed by atoms with Gasteiger partial charge in [0, 0.05) is 18.3 Å². The standard InChI is InChI=1S/C34H56O7/c1-7-27-30(41-34(35)36-8-2)17-29-21(6)26-16-25(20(5)23-13-12-19(4)37-33(40-29)31(23)26)28-15-14-22-18(3)10-9-11-24(22)32(38-27)39-28/h18-33H,7-17H2,1-6H3. The van der Waals surface area contributed by atoms with Crippen LogP contribution in [0.4, 0.5) is 4.79 Å². The minimum Gasteiger partial charge on any atom is -0.435 e. The minimum atomic E-state index is -0.622. The van der Waals surface area contributed by atoms with Gasteiger partial charge in [-0.3, -0.25) is 0 Å². The van der Waals surface area contributed by atoms with Crippen molar-refractivity contribution in [2.75, 3.05) is 6.61 Å². The van der Waals surface area contributed by atoms with E-state index in [4.69, 9.17) is 28.4 Å². The monoisotopic (exact) mass is 576 g/mol. The topological polar surface area (TPSA) is 72.5 Å². The van der Waals surface area contributed by atoms with E-state index in [1.54, 1.807) is 0 Å². The van der Waals surface area contributed by atoms with Crippen molar-refractivity contribution >= 4 is 6.16 Å². The Balaban J connectivity index is 1.41. The van der Waals surface area contributed by atoms with Crippen molar-refractivity contribution in [3.05, 3.63) is 0 Å². The van der Waals surface area contributed by atoms with Crippen LogP contribution in [0, 0.1) is 53.3 Å². The second kappa shape index (κ2) is 12.6. The van der Waals surface area contributed by atoms with Gasteiger partial charge in [0.2, 0.25) is 0 Å². The van der Waals surface area contributed by atoms with Gasteiger partial charge >= 0.3 is 6.16 Å². The summed E-state index contributed by atoms with van der Waals surface area (Å²) in [6.07, 6.45) is 9.24. The third-order valence-corrected chi connectivity index (χ3v) is 12.5. The van der Waals surface area contributed by atoms with Crippen LogP contribution in [0.15, 0.2) is 0 Å². The molecule has 0 spiro atoms. The summed E-state index contributed by atoms with van der Waals surface area (Å²) in [5.74, 6) is 4.60. The second-order valence-corrected chi connectivity index (χ2v) is 14.6. The minimum absolute atomic E-state index is 0.0665. The molecule has 4 aliphatic heterocycles. The third kappa shape index (κ3) is 5.83. The molecule has 16 atom stereocenters. The molecule has 6 rings (SSSR count). The first kappa shape index (κ1) is 30.1. The molecule has 41 heavy (non-hydrogen) atoms. The van der Waals surface area contributed by atoms with Crippen molar-refractivity contribution in [3.8, 4) is 0 Å². The molecule has 16 unspecified atom stereocenters. The van der Waals surface area contributed by atoms with E-state index >= 15 is 0 Å². The molecule has 0 aromatic heterocycles. The predicted octanol–water partition coefficient (Wildman–Crippen LogP) is 7.35. The highest BCUT2D eigenvalue weighted by atomic mass is 16.7. The molecule has 6 aliphatic rings. The Kier molecular flexibility index (Phi) is 9.27. The van der Waals surface area contributed by atoms with E-state index in [-0.39, 0.29) is 43.6 Å². The number of hydrogen-bond acceptors (Lipinski definition) is 7. The lowest BCUT2D eigenvalue weighted by Crippen LogP contribution is -2.58. The SMILES string of the molecule is CCOC(=O)OC1CC2OC3OC(C)CCC4C(C)C(CC(C2C)C34)C2CCC3C(C)CCCC3C(OC1CC)O2. The van der Waals surface area contributed by atoms with Gasteiger partial charge in [0.15, 0.2) is 12.6 Å². The molecule has 0 aromatic carbocycles. The van der Waals surface area contributed by atoms with Crippen LogP contribution in [0.3, 0.4) is 0 Å². The van der Waals surface area contributed by atoms with Crippen molar-refractivity contribution in [1.29, 1.82) is 0 Å². The molecule has 4 saturated heterocycles. The van der Waals surface area contributed by atoms with Crippen LogP contribution >= 0.6 is 0 Å². The first-order valence-corrected chi connectivity index (χ1v) is 17.2. The zero-order chi connectivity index (χ0) is 28.8. The summed E-state index contributed by atoms with van der Waals surface area (Å²) in [5, 5.41) is 0. The summed E-state index contributed by atoms with van der Waals surface area (Å²) in [7, 11) is 0. The Hall–Kier alpha value is -0.890. The molecule has 6 fully saturated rings. The zero-order valence-electron chi connectivity index (χ0n) is 26.4. The highest BCUT2D eigenvalue weighted by Crippen LogP contribution is 2.57. The molecule has 7 nitrogen and oxygen atoms in total. The third-order valence-electron chi connectivity index (χ3n) is 12.5. The average molecular weight is 577 g/mol. The van der Waals surface area contributed by atoms with Gasteiger partial charge in [-0.1, -0.05) is 40.5 Å². The summed E-state index contributed by atoms with van der Waals surface area (Å²) in [4.78, 5) is 12.7. The summed E-state index contributed by atoms with van der Waals surface area (Å²) in [5.41, 5.74) is 0. The summed E-state index contributed by atoms with van der Waals surface area (Å²) >= 11 is 0. The van der Waals surface area contributed by atoms with E-state index in [9.17, 15) is 4.79 Å². The quantitative estimate of drug-likeness (QED) is 0.325. The van der Waals surface area contributed by atoms with E-state index in [0.717, 1.165) is 32.1 Å². The van der Waals surface area contributed by atoms with Crippen LogP contribution in [-0.2, 0) is 28.4 Å². The highest BCUT2D eigenvalue weighted by Gasteiger charge is 2.57. The fourth-order valence-corrected chi connectivity index (χ4v) is 10.3. The first-order valence-electron chi connectivity index (χ1n) is 17.2. The Bertz CT molecular complexity index is 896. The largest absolute Gasteiger partial charge is 0.508 e. The molecule has 0 amide bonds. The van der Waals surface area contributed by atoms with E-state index in [1.165, 1.54) is 25.7 Å². The lowest BCUT2D eigenvalue weighted by molar-refractivity contribution is -0.302. The molecule has 2 aliphatic carbocycles. The lowest BCUT2D eigenvalue weighted by atomic mass is 9.55. The smallest absolute Gasteiger partial charge is 0.435 e. The van der Waals surface area contributed by atoms with Gasteiger partial charge in [0.05, 0.1) is 31.0 Å². The molecule has 2 saturated carbocycles. The number of carbonyl (C=O) groups is 1. The molecule has 4 heterocycles. The van der Waals surface area contributed by atoms with Crippen molar-refractivity contribution in [2.24, 2.45) is 53.3 Å². The summed E-state index contributed by atoms with van der Waals surface area (Å²) in [6, 6.07) is 0. The van der Waals surface area contributed by atoms with Gasteiger partial charge < -0.3 is 28.4 Å². The molecule has 0 N–H and O–H groups in total. The second-order valence-electron chi connectivity index (χ2n) is 14.6.